The Morgan fingerprint density at radius 3 is 2.04 bits per heavy atom. The van der Waals surface area contributed by atoms with Gasteiger partial charge in [-0.15, -0.1) is 0 Å². The van der Waals surface area contributed by atoms with E-state index in [9.17, 15) is 0 Å². The lowest BCUT2D eigenvalue weighted by Crippen LogP contribution is -1.90. The van der Waals surface area contributed by atoms with Crippen LogP contribution in [0.2, 0.25) is 0 Å². The molecule has 0 aliphatic heterocycles. The van der Waals surface area contributed by atoms with E-state index in [1.54, 1.807) is 0 Å². The summed E-state index contributed by atoms with van der Waals surface area (Å²) in [7, 11) is 0. The molecule has 27 heavy (non-hydrogen) atoms. The fourth-order valence-corrected chi connectivity index (χ4v) is 4.31. The largest absolute Gasteiger partial charge is 0.0985 e. The second kappa shape index (κ2) is 6.10. The average Bonchev–Trinajstić information content (AvgIpc) is 2.74. The molecule has 0 heterocycles. The molecule has 0 N–H and O–H groups in total. The van der Waals surface area contributed by atoms with Gasteiger partial charge in [-0.1, -0.05) is 97.6 Å². The van der Waals surface area contributed by atoms with Gasteiger partial charge >= 0.3 is 0 Å². The molecule has 0 fully saturated rings. The number of rotatable bonds is 3. The van der Waals surface area contributed by atoms with Gasteiger partial charge in [0.05, 0.1) is 0 Å². The monoisotopic (exact) mass is 344 g/mol. The van der Waals surface area contributed by atoms with Crippen LogP contribution in [0.1, 0.15) is 12.5 Å². The van der Waals surface area contributed by atoms with Gasteiger partial charge in [0.25, 0.3) is 0 Å². The molecule has 0 radical (unpaired) electrons. The highest BCUT2D eigenvalue weighted by atomic mass is 14.2. The summed E-state index contributed by atoms with van der Waals surface area (Å²) in [6, 6.07) is 28.6. The third-order valence-electron chi connectivity index (χ3n) is 5.59. The molecular formula is C27H20. The third kappa shape index (κ3) is 2.30. The first kappa shape index (κ1) is 15.8. The van der Waals surface area contributed by atoms with Crippen LogP contribution in [0.15, 0.2) is 97.6 Å². The van der Waals surface area contributed by atoms with Crippen molar-refractivity contribution in [2.24, 2.45) is 0 Å². The average molecular weight is 344 g/mol. The highest BCUT2D eigenvalue weighted by Gasteiger charge is 2.14. The molecule has 0 atom stereocenters. The highest BCUT2D eigenvalue weighted by Crippen LogP contribution is 2.41. The fourth-order valence-electron chi connectivity index (χ4n) is 4.31. The Morgan fingerprint density at radius 1 is 0.704 bits per heavy atom. The van der Waals surface area contributed by atoms with Crippen molar-refractivity contribution in [3.8, 4) is 11.1 Å². The van der Waals surface area contributed by atoms with E-state index in [1.807, 2.05) is 6.08 Å². The minimum atomic E-state index is 1.18. The van der Waals surface area contributed by atoms with Crippen molar-refractivity contribution < 1.29 is 0 Å². The summed E-state index contributed by atoms with van der Waals surface area (Å²) in [5.74, 6) is 0. The maximum Gasteiger partial charge on any atom is -0.00203 e. The summed E-state index contributed by atoms with van der Waals surface area (Å²) in [5, 5.41) is 7.89. The lowest BCUT2D eigenvalue weighted by molar-refractivity contribution is 1.65. The Bertz CT molecular complexity index is 1320. The molecular weight excluding hydrogens is 324 g/mol. The minimum absolute atomic E-state index is 1.18. The molecule has 0 aliphatic rings. The summed E-state index contributed by atoms with van der Waals surface area (Å²) in [6.07, 6.45) is 4.08. The topological polar surface area (TPSA) is 0 Å². The Kier molecular flexibility index (Phi) is 3.58. The first-order valence-corrected chi connectivity index (χ1v) is 9.37. The van der Waals surface area contributed by atoms with Crippen molar-refractivity contribution in [2.45, 2.75) is 6.92 Å². The molecule has 0 saturated heterocycles. The van der Waals surface area contributed by atoms with E-state index < -0.39 is 0 Å². The highest BCUT2D eigenvalue weighted by molar-refractivity contribution is 6.26. The van der Waals surface area contributed by atoms with Crippen molar-refractivity contribution in [3.05, 3.63) is 103 Å². The van der Waals surface area contributed by atoms with Crippen molar-refractivity contribution in [1.82, 2.24) is 0 Å². The summed E-state index contributed by atoms with van der Waals surface area (Å²) in [4.78, 5) is 0. The van der Waals surface area contributed by atoms with Gasteiger partial charge in [0.15, 0.2) is 0 Å². The van der Waals surface area contributed by atoms with Crippen molar-refractivity contribution >= 4 is 37.9 Å². The summed E-state index contributed by atoms with van der Waals surface area (Å²) >= 11 is 0. The van der Waals surface area contributed by atoms with Gasteiger partial charge in [0.2, 0.25) is 0 Å². The molecule has 5 aromatic carbocycles. The van der Waals surface area contributed by atoms with Gasteiger partial charge in [-0.25, -0.2) is 0 Å². The summed E-state index contributed by atoms with van der Waals surface area (Å²) < 4.78 is 0. The van der Waals surface area contributed by atoms with Crippen molar-refractivity contribution in [3.63, 3.8) is 0 Å². The molecule has 128 valence electrons. The zero-order valence-corrected chi connectivity index (χ0v) is 15.4. The van der Waals surface area contributed by atoms with Gasteiger partial charge in [-0.2, -0.15) is 0 Å². The predicted molar refractivity (Wildman–Crippen MR) is 119 cm³/mol. The Hall–Kier alpha value is -3.38. The van der Waals surface area contributed by atoms with Crippen LogP contribution < -0.4 is 0 Å². The van der Waals surface area contributed by atoms with Crippen LogP contribution in [0, 0.1) is 0 Å². The van der Waals surface area contributed by atoms with Crippen LogP contribution in [0.25, 0.3) is 49.0 Å². The van der Waals surface area contributed by atoms with E-state index in [1.165, 1.54) is 54.6 Å². The van der Waals surface area contributed by atoms with Gasteiger partial charge in [0, 0.05) is 0 Å². The lowest BCUT2D eigenvalue weighted by Gasteiger charge is -2.16. The van der Waals surface area contributed by atoms with Gasteiger partial charge in [-0.05, 0) is 61.5 Å². The maximum atomic E-state index is 4.00. The van der Waals surface area contributed by atoms with E-state index in [2.05, 4.69) is 98.4 Å². The predicted octanol–water partition coefficient (Wildman–Crippen LogP) is 7.84. The molecule has 5 rings (SSSR count). The van der Waals surface area contributed by atoms with Crippen molar-refractivity contribution in [2.75, 3.05) is 0 Å². The molecule has 0 amide bonds. The zero-order valence-electron chi connectivity index (χ0n) is 15.4. The van der Waals surface area contributed by atoms with Crippen LogP contribution in [0.4, 0.5) is 0 Å². The molecule has 0 nitrogen and oxygen atoms in total. The van der Waals surface area contributed by atoms with Gasteiger partial charge < -0.3 is 0 Å². The minimum Gasteiger partial charge on any atom is -0.0985 e. The van der Waals surface area contributed by atoms with E-state index in [0.29, 0.717) is 0 Å². The maximum absolute atomic E-state index is 4.00. The number of hydrogen-bond acceptors (Lipinski definition) is 0. The summed E-state index contributed by atoms with van der Waals surface area (Å²) in [6.45, 7) is 6.07. The Labute approximate surface area is 159 Å². The van der Waals surface area contributed by atoms with E-state index in [4.69, 9.17) is 0 Å². The lowest BCUT2D eigenvalue weighted by atomic mass is 9.87. The van der Waals surface area contributed by atoms with E-state index in [-0.39, 0.29) is 0 Å². The molecule has 0 heteroatoms. The van der Waals surface area contributed by atoms with Gasteiger partial charge in [0.1, 0.15) is 0 Å². The first-order chi connectivity index (χ1) is 13.3. The molecule has 0 saturated carbocycles. The standard InChI is InChI=1S/C27H20/c1-3-18(4-2)22-14-10-20-13-17-25-23(19-8-6-5-7-9-19)15-11-21-12-16-24(22)26(20)27(21)25/h3-17H,1H2,2H3/b18-4+. The number of allylic oxidation sites excluding steroid dienone is 3. The quantitative estimate of drug-likeness (QED) is 0.231. The van der Waals surface area contributed by atoms with Crippen LogP contribution in [0.5, 0.6) is 0 Å². The van der Waals surface area contributed by atoms with E-state index in [0.717, 1.165) is 0 Å². The Morgan fingerprint density at radius 2 is 1.33 bits per heavy atom. The first-order valence-electron chi connectivity index (χ1n) is 9.37. The van der Waals surface area contributed by atoms with Gasteiger partial charge in [-0.3, -0.25) is 0 Å². The third-order valence-corrected chi connectivity index (χ3v) is 5.59. The fraction of sp³-hybridized carbons (Fsp3) is 0.0370. The van der Waals surface area contributed by atoms with Crippen LogP contribution in [-0.4, -0.2) is 0 Å². The molecule has 0 aromatic heterocycles. The molecule has 0 unspecified atom stereocenters. The normalized spacial score (nSPS) is 12.3. The molecule has 5 aromatic rings. The summed E-state index contributed by atoms with van der Waals surface area (Å²) in [5.41, 5.74) is 4.98. The smallest absolute Gasteiger partial charge is 0.00203 e. The number of hydrogen-bond donors (Lipinski definition) is 0. The molecule has 0 aliphatic carbocycles. The SMILES string of the molecule is C=C/C(=C\C)c1ccc2ccc3c(-c4ccccc4)ccc4ccc1c2c43. The van der Waals surface area contributed by atoms with Crippen molar-refractivity contribution in [1.29, 1.82) is 0 Å². The zero-order chi connectivity index (χ0) is 18.4. The second-order valence-corrected chi connectivity index (χ2v) is 6.96. The van der Waals surface area contributed by atoms with Crippen LogP contribution >= 0.6 is 0 Å². The number of benzene rings is 5. The molecule has 0 bridgehead atoms. The second-order valence-electron chi connectivity index (χ2n) is 6.96. The van der Waals surface area contributed by atoms with Crippen LogP contribution in [0.3, 0.4) is 0 Å². The Balaban J connectivity index is 1.96. The van der Waals surface area contributed by atoms with Crippen LogP contribution in [-0.2, 0) is 0 Å². The van der Waals surface area contributed by atoms with E-state index >= 15 is 0 Å². The molecule has 0 spiro atoms.